The third-order valence-electron chi connectivity index (χ3n) is 6.90. The molecule has 6 nitrogen and oxygen atoms in total. The molecule has 0 radical (unpaired) electrons. The van der Waals surface area contributed by atoms with Crippen molar-refractivity contribution < 1.29 is 23.4 Å². The van der Waals surface area contributed by atoms with E-state index in [1.807, 2.05) is 48.5 Å². The summed E-state index contributed by atoms with van der Waals surface area (Å²) in [7, 11) is 1.39. The molecular weight excluding hydrogens is 478 g/mol. The summed E-state index contributed by atoms with van der Waals surface area (Å²) in [4.78, 5) is 0.655. The molecule has 1 N–H and O–H groups in total. The molecule has 0 amide bonds. The topological polar surface area (TPSA) is 58.2 Å². The first-order valence-electron chi connectivity index (χ1n) is 12.0. The summed E-state index contributed by atoms with van der Waals surface area (Å²) >= 11 is 5.70. The van der Waals surface area contributed by atoms with Gasteiger partial charge < -0.3 is 28.7 Å². The van der Waals surface area contributed by atoms with Gasteiger partial charge in [0.25, 0.3) is 0 Å². The van der Waals surface area contributed by atoms with Crippen molar-refractivity contribution in [3.05, 3.63) is 59.7 Å². The highest BCUT2D eigenvalue weighted by molar-refractivity contribution is 7.80. The standard InChI is InChI=1S/C27H39NO5SSi/c1-27(2,3)35(6,7)33-18-23-24(31-16-19-8-12-21(29-4)13-9-19)25(26(34)28-23)32-17-20-10-14-22(30-5)15-11-20/h8-15,23-25H,16-18H2,1-7H3,(H,28,34). The Balaban J connectivity index is 1.71. The van der Waals surface area contributed by atoms with Gasteiger partial charge in [0.05, 0.1) is 40.1 Å². The predicted molar refractivity (Wildman–Crippen MR) is 146 cm³/mol. The maximum Gasteiger partial charge on any atom is 0.192 e. The monoisotopic (exact) mass is 517 g/mol. The summed E-state index contributed by atoms with van der Waals surface area (Å²) in [5.41, 5.74) is 2.10. The first-order chi connectivity index (χ1) is 16.5. The fourth-order valence-electron chi connectivity index (χ4n) is 3.55. The summed E-state index contributed by atoms with van der Waals surface area (Å²) in [6.07, 6.45) is -0.633. The molecule has 35 heavy (non-hydrogen) atoms. The summed E-state index contributed by atoms with van der Waals surface area (Å²) in [5, 5.41) is 3.55. The van der Waals surface area contributed by atoms with E-state index >= 15 is 0 Å². The van der Waals surface area contributed by atoms with E-state index in [2.05, 4.69) is 39.2 Å². The Morgan fingerprint density at radius 3 is 1.77 bits per heavy atom. The highest BCUT2D eigenvalue weighted by Gasteiger charge is 2.44. The third kappa shape index (κ3) is 7.27. The number of hydrogen-bond donors (Lipinski definition) is 1. The molecule has 192 valence electrons. The molecule has 1 fully saturated rings. The zero-order chi connectivity index (χ0) is 25.6. The zero-order valence-electron chi connectivity index (χ0n) is 21.9. The smallest absolute Gasteiger partial charge is 0.192 e. The van der Waals surface area contributed by atoms with Gasteiger partial charge in [-0.05, 0) is 53.5 Å². The predicted octanol–water partition coefficient (Wildman–Crippen LogP) is 5.50. The lowest BCUT2D eigenvalue weighted by atomic mass is 10.1. The van der Waals surface area contributed by atoms with Crippen LogP contribution < -0.4 is 14.8 Å². The summed E-state index contributed by atoms with van der Waals surface area (Å²) in [6, 6.07) is 15.6. The average Bonchev–Trinajstić information content (AvgIpc) is 3.14. The SMILES string of the molecule is COc1ccc(COC2C(=S)NC(CO[Si](C)(C)C(C)(C)C)C2OCc2ccc(OC)cc2)cc1. The van der Waals surface area contributed by atoms with E-state index in [0.29, 0.717) is 24.8 Å². The van der Waals surface area contributed by atoms with E-state index in [-0.39, 0.29) is 23.3 Å². The summed E-state index contributed by atoms with van der Waals surface area (Å²) < 4.78 is 29.8. The first kappa shape index (κ1) is 27.6. The van der Waals surface area contributed by atoms with E-state index in [0.717, 1.165) is 22.6 Å². The van der Waals surface area contributed by atoms with Crippen LogP contribution in [0.25, 0.3) is 0 Å². The van der Waals surface area contributed by atoms with Crippen LogP contribution in [-0.2, 0) is 27.1 Å². The van der Waals surface area contributed by atoms with Crippen molar-refractivity contribution in [1.29, 1.82) is 0 Å². The number of rotatable bonds is 11. The molecule has 0 spiro atoms. The van der Waals surface area contributed by atoms with Crippen LogP contribution in [0.4, 0.5) is 0 Å². The zero-order valence-corrected chi connectivity index (χ0v) is 23.7. The third-order valence-corrected chi connectivity index (χ3v) is 11.8. The molecule has 0 bridgehead atoms. The van der Waals surface area contributed by atoms with Gasteiger partial charge in [-0.2, -0.15) is 0 Å². The van der Waals surface area contributed by atoms with Gasteiger partial charge >= 0.3 is 0 Å². The second-order valence-electron chi connectivity index (χ2n) is 10.4. The average molecular weight is 518 g/mol. The lowest BCUT2D eigenvalue weighted by Crippen LogP contribution is -2.47. The van der Waals surface area contributed by atoms with Crippen LogP contribution in [0.15, 0.2) is 48.5 Å². The number of methoxy groups -OCH3 is 2. The van der Waals surface area contributed by atoms with Crippen LogP contribution in [-0.4, -0.2) is 52.4 Å². The van der Waals surface area contributed by atoms with Crippen molar-refractivity contribution in [2.45, 2.75) is 70.4 Å². The van der Waals surface area contributed by atoms with Gasteiger partial charge in [-0.1, -0.05) is 57.3 Å². The lowest BCUT2D eigenvalue weighted by molar-refractivity contribution is -0.0610. The summed E-state index contributed by atoms with van der Waals surface area (Å²) in [5.74, 6) is 1.63. The van der Waals surface area contributed by atoms with Crippen LogP contribution in [0.1, 0.15) is 31.9 Å². The number of benzene rings is 2. The van der Waals surface area contributed by atoms with E-state index in [1.165, 1.54) is 0 Å². The molecule has 1 saturated heterocycles. The number of thiocarbonyl (C=S) groups is 1. The molecule has 1 heterocycles. The molecule has 3 atom stereocenters. The number of hydrogen-bond acceptors (Lipinski definition) is 6. The minimum atomic E-state index is -1.93. The fraction of sp³-hybridized carbons (Fsp3) is 0.519. The van der Waals surface area contributed by atoms with Crippen molar-refractivity contribution in [1.82, 2.24) is 5.32 Å². The summed E-state index contributed by atoms with van der Waals surface area (Å²) in [6.45, 7) is 12.6. The molecule has 3 unspecified atom stereocenters. The number of nitrogens with one attached hydrogen (secondary N) is 1. The fourth-order valence-corrected chi connectivity index (χ4v) is 4.94. The number of ether oxygens (including phenoxy) is 4. The van der Waals surface area contributed by atoms with E-state index in [1.54, 1.807) is 14.2 Å². The molecule has 0 aromatic heterocycles. The minimum absolute atomic E-state index is 0.0873. The van der Waals surface area contributed by atoms with Gasteiger partial charge in [-0.3, -0.25) is 0 Å². The maximum absolute atomic E-state index is 6.53. The Kier molecular flexibility index (Phi) is 9.34. The van der Waals surface area contributed by atoms with Crippen LogP contribution >= 0.6 is 12.2 Å². The van der Waals surface area contributed by atoms with Crippen molar-refractivity contribution in [3.8, 4) is 11.5 Å². The Labute approximate surface area is 216 Å². The first-order valence-corrected chi connectivity index (χ1v) is 15.3. The Morgan fingerprint density at radius 1 is 0.829 bits per heavy atom. The maximum atomic E-state index is 6.53. The molecule has 3 rings (SSSR count). The van der Waals surface area contributed by atoms with E-state index in [4.69, 9.17) is 35.6 Å². The van der Waals surface area contributed by atoms with E-state index in [9.17, 15) is 0 Å². The lowest BCUT2D eigenvalue weighted by Gasteiger charge is -2.37. The van der Waals surface area contributed by atoms with Gasteiger partial charge in [-0.25, -0.2) is 0 Å². The Morgan fingerprint density at radius 2 is 1.31 bits per heavy atom. The second kappa shape index (κ2) is 11.8. The van der Waals surface area contributed by atoms with Crippen molar-refractivity contribution in [2.75, 3.05) is 20.8 Å². The molecular formula is C27H39NO5SSi. The van der Waals surface area contributed by atoms with Crippen molar-refractivity contribution in [2.24, 2.45) is 0 Å². The van der Waals surface area contributed by atoms with Crippen molar-refractivity contribution >= 4 is 25.5 Å². The van der Waals surface area contributed by atoms with E-state index < -0.39 is 8.32 Å². The van der Waals surface area contributed by atoms with Gasteiger partial charge in [0, 0.05) is 0 Å². The van der Waals surface area contributed by atoms with Gasteiger partial charge in [0.15, 0.2) is 8.32 Å². The molecule has 0 aliphatic carbocycles. The van der Waals surface area contributed by atoms with Gasteiger partial charge in [-0.15, -0.1) is 0 Å². The highest BCUT2D eigenvalue weighted by Crippen LogP contribution is 2.37. The molecule has 1 aliphatic heterocycles. The molecule has 0 saturated carbocycles. The Hall–Kier alpha value is -1.97. The Bertz CT molecular complexity index is 959. The van der Waals surface area contributed by atoms with Crippen molar-refractivity contribution in [3.63, 3.8) is 0 Å². The highest BCUT2D eigenvalue weighted by atomic mass is 32.1. The quantitative estimate of drug-likeness (QED) is 0.312. The van der Waals surface area contributed by atoms with Gasteiger partial charge in [0.2, 0.25) is 0 Å². The molecule has 1 aliphatic rings. The second-order valence-corrected chi connectivity index (χ2v) is 15.6. The molecule has 8 heteroatoms. The van der Waals surface area contributed by atoms with Crippen LogP contribution in [0, 0.1) is 0 Å². The van der Waals surface area contributed by atoms with Gasteiger partial charge in [0.1, 0.15) is 28.7 Å². The molecule has 2 aromatic rings. The largest absolute Gasteiger partial charge is 0.497 e. The van der Waals surface area contributed by atoms with Crippen LogP contribution in [0.3, 0.4) is 0 Å². The minimum Gasteiger partial charge on any atom is -0.497 e. The normalized spacial score (nSPS) is 20.5. The van der Waals surface area contributed by atoms with Crippen LogP contribution in [0.2, 0.25) is 18.1 Å². The molecule has 2 aromatic carbocycles. The van der Waals surface area contributed by atoms with Crippen LogP contribution in [0.5, 0.6) is 11.5 Å².